The standard InChI is InChI=1S/C34H25NO5/c36-31(20-8-2-1-3-9-20)21-14-16-22(17-15-21)34(39)40-19-18-35-32(37)29-27-23-10-4-5-11-24(23)28(30(29)33(35)38)26-13-7-6-12-25(26)27/h1-17,27-30H,18-19H2/t27?,28?,29-,30-/m1/s1. The number of nitrogens with zero attached hydrogens (tertiary/aromatic N) is 1. The number of ketones is 1. The monoisotopic (exact) mass is 527 g/mol. The van der Waals surface area contributed by atoms with Crippen LogP contribution in [0.4, 0.5) is 0 Å². The Kier molecular flexibility index (Phi) is 5.70. The minimum atomic E-state index is -0.574. The zero-order chi connectivity index (χ0) is 27.4. The number of rotatable bonds is 6. The summed E-state index contributed by atoms with van der Waals surface area (Å²) >= 11 is 0. The van der Waals surface area contributed by atoms with Crippen molar-refractivity contribution in [1.29, 1.82) is 0 Å². The maximum atomic E-state index is 13.7. The van der Waals surface area contributed by atoms with E-state index in [1.807, 2.05) is 30.3 Å². The molecular weight excluding hydrogens is 502 g/mol. The van der Waals surface area contributed by atoms with Crippen LogP contribution in [0.2, 0.25) is 0 Å². The van der Waals surface area contributed by atoms with E-state index in [1.54, 1.807) is 48.5 Å². The van der Waals surface area contributed by atoms with Gasteiger partial charge in [0.2, 0.25) is 11.8 Å². The number of carbonyl (C=O) groups is 4. The number of ether oxygens (including phenoxy) is 1. The number of hydrogen-bond acceptors (Lipinski definition) is 5. The number of benzene rings is 4. The van der Waals surface area contributed by atoms with Crippen molar-refractivity contribution in [2.45, 2.75) is 11.8 Å². The molecule has 0 spiro atoms. The van der Waals surface area contributed by atoms with Crippen molar-refractivity contribution in [3.8, 4) is 0 Å². The summed E-state index contributed by atoms with van der Waals surface area (Å²) in [5.41, 5.74) is 5.81. The Morgan fingerprint density at radius 2 is 1.00 bits per heavy atom. The van der Waals surface area contributed by atoms with E-state index in [9.17, 15) is 19.2 Å². The summed E-state index contributed by atoms with van der Waals surface area (Å²) in [6.45, 7) is -0.0944. The predicted octanol–water partition coefficient (Wildman–Crippen LogP) is 4.97. The fourth-order valence-corrected chi connectivity index (χ4v) is 6.79. The van der Waals surface area contributed by atoms with Crippen molar-refractivity contribution in [3.05, 3.63) is 142 Å². The number of likely N-dealkylation sites (tertiary alicyclic amines) is 1. The molecule has 2 atom stereocenters. The molecule has 3 aliphatic carbocycles. The van der Waals surface area contributed by atoms with Gasteiger partial charge in [-0.25, -0.2) is 4.79 Å². The molecule has 0 unspecified atom stereocenters. The fraction of sp³-hybridized carbons (Fsp3) is 0.176. The summed E-state index contributed by atoms with van der Waals surface area (Å²) in [6, 6.07) is 31.4. The third kappa shape index (κ3) is 3.63. The summed E-state index contributed by atoms with van der Waals surface area (Å²) < 4.78 is 5.45. The molecule has 196 valence electrons. The summed E-state index contributed by atoms with van der Waals surface area (Å²) in [5.74, 6) is -2.34. The smallest absolute Gasteiger partial charge is 0.338 e. The molecule has 1 saturated heterocycles. The van der Waals surface area contributed by atoms with E-state index >= 15 is 0 Å². The Morgan fingerprint density at radius 3 is 1.50 bits per heavy atom. The molecule has 1 aliphatic heterocycles. The lowest BCUT2D eigenvalue weighted by Gasteiger charge is -2.45. The van der Waals surface area contributed by atoms with Gasteiger partial charge in [-0.3, -0.25) is 19.3 Å². The molecule has 40 heavy (non-hydrogen) atoms. The quantitative estimate of drug-likeness (QED) is 0.201. The third-order valence-corrected chi connectivity index (χ3v) is 8.51. The van der Waals surface area contributed by atoms with E-state index in [2.05, 4.69) is 24.3 Å². The molecular formula is C34H25NO5. The average Bonchev–Trinajstić information content (AvgIpc) is 3.26. The number of imide groups is 1. The summed E-state index contributed by atoms with van der Waals surface area (Å²) in [7, 11) is 0. The molecule has 2 bridgehead atoms. The van der Waals surface area contributed by atoms with Crippen LogP contribution in [0.25, 0.3) is 0 Å². The predicted molar refractivity (Wildman–Crippen MR) is 147 cm³/mol. The minimum absolute atomic E-state index is 0.00706. The lowest BCUT2D eigenvalue weighted by atomic mass is 9.55. The number of esters is 1. The molecule has 6 nitrogen and oxygen atoms in total. The van der Waals surface area contributed by atoms with Gasteiger partial charge in [0.1, 0.15) is 6.61 Å². The zero-order valence-corrected chi connectivity index (χ0v) is 21.5. The van der Waals surface area contributed by atoms with Gasteiger partial charge in [0.25, 0.3) is 0 Å². The Morgan fingerprint density at radius 1 is 0.575 bits per heavy atom. The maximum Gasteiger partial charge on any atom is 0.338 e. The van der Waals surface area contributed by atoms with Gasteiger partial charge >= 0.3 is 5.97 Å². The molecule has 8 rings (SSSR count). The first kappa shape index (κ1) is 24.2. The lowest BCUT2D eigenvalue weighted by molar-refractivity contribution is -0.140. The number of hydrogen-bond donors (Lipinski definition) is 0. The number of carbonyl (C=O) groups excluding carboxylic acids is 4. The second-order valence-electron chi connectivity index (χ2n) is 10.5. The van der Waals surface area contributed by atoms with Gasteiger partial charge < -0.3 is 4.74 Å². The molecule has 2 amide bonds. The second-order valence-corrected chi connectivity index (χ2v) is 10.5. The topological polar surface area (TPSA) is 80.8 Å². The molecule has 0 saturated carbocycles. The zero-order valence-electron chi connectivity index (χ0n) is 21.5. The van der Waals surface area contributed by atoms with E-state index in [0.717, 1.165) is 22.3 Å². The van der Waals surface area contributed by atoms with Gasteiger partial charge in [-0.05, 0) is 34.4 Å². The maximum absolute atomic E-state index is 13.7. The van der Waals surface area contributed by atoms with E-state index in [-0.39, 0.29) is 42.6 Å². The molecule has 6 heteroatoms. The van der Waals surface area contributed by atoms with Crippen LogP contribution in [-0.4, -0.2) is 41.6 Å². The van der Waals surface area contributed by atoms with Crippen LogP contribution < -0.4 is 0 Å². The Labute approximate surface area is 231 Å². The highest BCUT2D eigenvalue weighted by molar-refractivity contribution is 6.09. The van der Waals surface area contributed by atoms with Crippen molar-refractivity contribution in [2.75, 3.05) is 13.2 Å². The SMILES string of the molecule is O=C(OCCN1C(=O)[C@@H]2C3c4ccccc4C(c4ccccc43)[C@H]2C1=O)c1ccc(C(=O)c2ccccc2)cc1. The fourth-order valence-electron chi connectivity index (χ4n) is 6.79. The third-order valence-electron chi connectivity index (χ3n) is 8.51. The highest BCUT2D eigenvalue weighted by atomic mass is 16.5. The lowest BCUT2D eigenvalue weighted by Crippen LogP contribution is -2.41. The van der Waals surface area contributed by atoms with Crippen LogP contribution in [0, 0.1) is 11.8 Å². The van der Waals surface area contributed by atoms with E-state index < -0.39 is 17.8 Å². The second kappa shape index (κ2) is 9.42. The average molecular weight is 528 g/mol. The highest BCUT2D eigenvalue weighted by Gasteiger charge is 2.61. The van der Waals surface area contributed by atoms with Crippen LogP contribution in [0.1, 0.15) is 60.4 Å². The Bertz CT molecular complexity index is 1560. The first-order valence-corrected chi connectivity index (χ1v) is 13.4. The summed E-state index contributed by atoms with van der Waals surface area (Å²) in [5, 5.41) is 0. The van der Waals surface area contributed by atoms with Gasteiger partial charge in [-0.15, -0.1) is 0 Å². The van der Waals surface area contributed by atoms with Gasteiger partial charge in [0.15, 0.2) is 5.78 Å². The van der Waals surface area contributed by atoms with Crippen LogP contribution >= 0.6 is 0 Å². The van der Waals surface area contributed by atoms with Crippen LogP contribution in [-0.2, 0) is 14.3 Å². The van der Waals surface area contributed by atoms with E-state index in [0.29, 0.717) is 16.7 Å². The summed E-state index contributed by atoms with van der Waals surface area (Å²) in [6.07, 6.45) is 0. The van der Waals surface area contributed by atoms with Gasteiger partial charge in [-0.2, -0.15) is 0 Å². The van der Waals surface area contributed by atoms with Crippen molar-refractivity contribution in [2.24, 2.45) is 11.8 Å². The van der Waals surface area contributed by atoms with Crippen molar-refractivity contribution in [3.63, 3.8) is 0 Å². The Balaban J connectivity index is 1.05. The van der Waals surface area contributed by atoms with Crippen LogP contribution in [0.3, 0.4) is 0 Å². The minimum Gasteiger partial charge on any atom is -0.460 e. The molecule has 0 radical (unpaired) electrons. The molecule has 1 heterocycles. The molecule has 4 aromatic rings. The molecule has 4 aliphatic rings. The number of amides is 2. The van der Waals surface area contributed by atoms with Crippen molar-refractivity contribution in [1.82, 2.24) is 4.90 Å². The van der Waals surface area contributed by atoms with E-state index in [4.69, 9.17) is 4.74 Å². The van der Waals surface area contributed by atoms with E-state index in [1.165, 1.54) is 4.90 Å². The summed E-state index contributed by atoms with van der Waals surface area (Å²) in [4.78, 5) is 53.9. The molecule has 4 aromatic carbocycles. The first-order valence-electron chi connectivity index (χ1n) is 13.4. The van der Waals surface area contributed by atoms with Crippen LogP contribution in [0.15, 0.2) is 103 Å². The van der Waals surface area contributed by atoms with Crippen molar-refractivity contribution >= 4 is 23.6 Å². The largest absolute Gasteiger partial charge is 0.460 e. The normalized spacial score (nSPS) is 21.9. The Hall–Kier alpha value is -4.84. The van der Waals surface area contributed by atoms with Gasteiger partial charge in [0, 0.05) is 23.0 Å². The highest BCUT2D eigenvalue weighted by Crippen LogP contribution is 2.60. The van der Waals surface area contributed by atoms with Crippen LogP contribution in [0.5, 0.6) is 0 Å². The van der Waals surface area contributed by atoms with Gasteiger partial charge in [0.05, 0.1) is 23.9 Å². The molecule has 0 aromatic heterocycles. The van der Waals surface area contributed by atoms with Crippen molar-refractivity contribution < 1.29 is 23.9 Å². The molecule has 1 fully saturated rings. The van der Waals surface area contributed by atoms with Gasteiger partial charge in [-0.1, -0.05) is 91.0 Å². The molecule has 0 N–H and O–H groups in total. The first-order chi connectivity index (χ1) is 19.5.